The Morgan fingerprint density at radius 1 is 0.872 bits per heavy atom. The van der Waals surface area contributed by atoms with Crippen molar-refractivity contribution in [3.05, 3.63) is 86.8 Å². The number of halogens is 2. The van der Waals surface area contributed by atoms with E-state index in [4.69, 9.17) is 4.74 Å². The number of aromatic hydroxyl groups is 1. The number of carbonyl (C=O) groups is 4. The van der Waals surface area contributed by atoms with Crippen molar-refractivity contribution in [1.82, 2.24) is 0 Å². The normalized spacial score (nSPS) is 28.2. The number of methoxy groups -OCH3 is 1. The Balaban J connectivity index is 1.40. The predicted molar refractivity (Wildman–Crippen MR) is 180 cm³/mol. The number of phenols is 1. The zero-order valence-electron chi connectivity index (χ0n) is 25.3. The van der Waals surface area contributed by atoms with E-state index >= 15 is 0 Å². The quantitative estimate of drug-likeness (QED) is 0.201. The first-order chi connectivity index (χ1) is 22.4. The first-order valence-electron chi connectivity index (χ1n) is 15.1. The molecule has 1 saturated carbocycles. The third-order valence-electron chi connectivity index (χ3n) is 10.4. The van der Waals surface area contributed by atoms with Crippen LogP contribution in [0, 0.1) is 29.1 Å². The number of hydrogen-bond donors (Lipinski definition) is 3. The van der Waals surface area contributed by atoms with Crippen LogP contribution in [-0.4, -0.2) is 53.0 Å². The molecule has 4 amide bonds. The number of anilines is 2. The van der Waals surface area contributed by atoms with Gasteiger partial charge in [-0.05, 0) is 98.9 Å². The molecule has 240 valence electrons. The van der Waals surface area contributed by atoms with E-state index in [1.807, 2.05) is 6.08 Å². The van der Waals surface area contributed by atoms with Crippen LogP contribution >= 0.6 is 31.9 Å². The Morgan fingerprint density at radius 2 is 1.57 bits per heavy atom. The topological polar surface area (TPSA) is 145 Å². The average Bonchev–Trinajstić information content (AvgIpc) is 3.44. The first-order valence-corrected chi connectivity index (χ1v) is 16.7. The van der Waals surface area contributed by atoms with Gasteiger partial charge >= 0.3 is 7.12 Å². The Morgan fingerprint density at radius 3 is 2.26 bits per heavy atom. The Hall–Kier alpha value is -3.78. The standard InChI is InChI=1S/C34H29BBr2N2O8/c1-34-23(31(42)39(33(34)44)17-8-4-3-5-9-17)14-21-19(26(34)22-15-24(47-2)29(40)28(37)27(22)36)11-12-20-25(21)32(43)38(30(20)41)18-10-6-7-16(13-18)35(45)46/h3-11,13,15,20-21,23,25-26,40,45-46H,12,14H2,1-2H3/t20-,21+,23-,25-,26+,34+/m0/s1. The highest BCUT2D eigenvalue weighted by Crippen LogP contribution is 2.65. The Labute approximate surface area is 287 Å². The zero-order chi connectivity index (χ0) is 33.5. The van der Waals surface area contributed by atoms with Gasteiger partial charge in [-0.2, -0.15) is 0 Å². The van der Waals surface area contributed by atoms with Crippen molar-refractivity contribution >= 4 is 79.4 Å². The van der Waals surface area contributed by atoms with Crippen molar-refractivity contribution in [2.75, 3.05) is 16.9 Å². The van der Waals surface area contributed by atoms with Crippen molar-refractivity contribution in [2.45, 2.75) is 25.7 Å². The lowest BCUT2D eigenvalue weighted by molar-refractivity contribution is -0.131. The fraction of sp³-hybridized carbons (Fsp3) is 0.294. The van der Waals surface area contributed by atoms with Crippen LogP contribution in [0.3, 0.4) is 0 Å². The van der Waals surface area contributed by atoms with E-state index < -0.39 is 53.9 Å². The van der Waals surface area contributed by atoms with Gasteiger partial charge < -0.3 is 19.9 Å². The molecule has 2 aliphatic carbocycles. The van der Waals surface area contributed by atoms with Crippen LogP contribution in [0.15, 0.2) is 81.3 Å². The summed E-state index contributed by atoms with van der Waals surface area (Å²) in [5, 5.41) is 30.3. The summed E-state index contributed by atoms with van der Waals surface area (Å²) in [5.41, 5.74) is 0.878. The molecule has 3 aromatic rings. The minimum absolute atomic E-state index is 0.137. The first kappa shape index (κ1) is 31.8. The molecule has 13 heteroatoms. The fourth-order valence-electron chi connectivity index (χ4n) is 8.24. The van der Waals surface area contributed by atoms with Crippen molar-refractivity contribution in [2.24, 2.45) is 29.1 Å². The summed E-state index contributed by atoms with van der Waals surface area (Å²) in [4.78, 5) is 59.5. The molecule has 2 heterocycles. The second-order valence-corrected chi connectivity index (χ2v) is 14.2. The van der Waals surface area contributed by atoms with Crippen molar-refractivity contribution in [3.63, 3.8) is 0 Å². The van der Waals surface area contributed by atoms with E-state index in [1.54, 1.807) is 55.5 Å². The van der Waals surface area contributed by atoms with Crippen LogP contribution in [0.2, 0.25) is 0 Å². The van der Waals surface area contributed by atoms with E-state index in [9.17, 15) is 34.3 Å². The number of rotatable bonds is 5. The summed E-state index contributed by atoms with van der Waals surface area (Å²) >= 11 is 7.08. The van der Waals surface area contributed by atoms with Gasteiger partial charge in [-0.25, -0.2) is 4.90 Å². The van der Waals surface area contributed by atoms with Crippen LogP contribution in [0.5, 0.6) is 11.5 Å². The minimum Gasteiger partial charge on any atom is -0.503 e. The van der Waals surface area contributed by atoms with Crippen molar-refractivity contribution in [1.29, 1.82) is 0 Å². The maximum Gasteiger partial charge on any atom is 0.488 e. The van der Waals surface area contributed by atoms with Gasteiger partial charge in [-0.1, -0.05) is 42.0 Å². The van der Waals surface area contributed by atoms with Crippen LogP contribution in [0.25, 0.3) is 0 Å². The number of para-hydroxylation sites is 1. The van der Waals surface area contributed by atoms with Crippen molar-refractivity contribution < 1.29 is 39.1 Å². The molecule has 3 N–H and O–H groups in total. The fourth-order valence-corrected chi connectivity index (χ4v) is 9.19. The highest BCUT2D eigenvalue weighted by atomic mass is 79.9. The monoisotopic (exact) mass is 762 g/mol. The van der Waals surface area contributed by atoms with Crippen molar-refractivity contribution in [3.8, 4) is 11.5 Å². The predicted octanol–water partition coefficient (Wildman–Crippen LogP) is 4.04. The molecule has 0 aromatic heterocycles. The number of nitrogens with zero attached hydrogens (tertiary/aromatic N) is 2. The summed E-state index contributed by atoms with van der Waals surface area (Å²) in [6.07, 6.45) is 2.34. The highest BCUT2D eigenvalue weighted by molar-refractivity contribution is 9.13. The molecule has 4 aliphatic rings. The summed E-state index contributed by atoms with van der Waals surface area (Å²) < 4.78 is 6.28. The Bertz CT molecular complexity index is 1900. The van der Waals surface area contributed by atoms with Gasteiger partial charge in [-0.3, -0.25) is 24.1 Å². The lowest BCUT2D eigenvalue weighted by Gasteiger charge is -2.49. The number of ether oxygens (including phenoxy) is 1. The molecule has 2 aliphatic heterocycles. The average molecular weight is 764 g/mol. The number of allylic oxidation sites excluding steroid dienone is 2. The van der Waals surface area contributed by atoms with Gasteiger partial charge in [0.15, 0.2) is 11.5 Å². The smallest absolute Gasteiger partial charge is 0.488 e. The minimum atomic E-state index is -1.78. The molecule has 3 fully saturated rings. The third-order valence-corrected chi connectivity index (χ3v) is 12.6. The van der Waals surface area contributed by atoms with Crippen LogP contribution in [0.4, 0.5) is 11.4 Å². The van der Waals surface area contributed by atoms with E-state index in [1.165, 1.54) is 24.1 Å². The van der Waals surface area contributed by atoms with E-state index in [0.717, 1.165) is 10.5 Å². The summed E-state index contributed by atoms with van der Waals surface area (Å²) in [7, 11) is -0.366. The largest absolute Gasteiger partial charge is 0.503 e. The molecule has 3 aromatic carbocycles. The summed E-state index contributed by atoms with van der Waals surface area (Å²) in [6, 6.07) is 16.4. The summed E-state index contributed by atoms with van der Waals surface area (Å²) in [6.45, 7) is 1.79. The SMILES string of the molecule is COc1cc([C@H]2C3=CC[C@@H]4C(=O)N(c5cccc(B(O)O)c5)C(=O)[C@@H]4[C@@H]3C[C@H]3C(=O)N(c4ccccc4)C(=O)[C@@]23C)c(Br)c(Br)c1O. The molecule has 0 bridgehead atoms. The molecule has 47 heavy (non-hydrogen) atoms. The Kier molecular flexibility index (Phi) is 7.74. The number of carbonyl (C=O) groups excluding carboxylic acids is 4. The molecule has 10 nitrogen and oxygen atoms in total. The number of imide groups is 2. The second-order valence-electron chi connectivity index (χ2n) is 12.6. The molecule has 0 unspecified atom stereocenters. The van der Waals surface area contributed by atoms with Crippen LogP contribution < -0.4 is 20.0 Å². The van der Waals surface area contributed by atoms with Gasteiger partial charge in [0.1, 0.15) is 0 Å². The number of fused-ring (bicyclic) bond motifs is 4. The maximum atomic E-state index is 14.6. The van der Waals surface area contributed by atoms with Crippen LogP contribution in [0.1, 0.15) is 31.2 Å². The number of benzene rings is 3. The van der Waals surface area contributed by atoms with Gasteiger partial charge in [0, 0.05) is 10.4 Å². The van der Waals surface area contributed by atoms with Gasteiger partial charge in [0.25, 0.3) is 0 Å². The molecule has 0 radical (unpaired) electrons. The molecule has 2 saturated heterocycles. The molecule has 0 spiro atoms. The van der Waals surface area contributed by atoms with E-state index in [2.05, 4.69) is 31.9 Å². The number of phenolic OH excluding ortho intramolecular Hbond substituents is 1. The third kappa shape index (κ3) is 4.50. The maximum absolute atomic E-state index is 14.6. The highest BCUT2D eigenvalue weighted by Gasteiger charge is 2.68. The molecular formula is C34H29BBr2N2O8. The van der Waals surface area contributed by atoms with Gasteiger partial charge in [-0.15, -0.1) is 0 Å². The van der Waals surface area contributed by atoms with E-state index in [-0.39, 0.29) is 47.3 Å². The van der Waals surface area contributed by atoms with Gasteiger partial charge in [0.2, 0.25) is 23.6 Å². The van der Waals surface area contributed by atoms with Gasteiger partial charge in [0.05, 0.1) is 46.1 Å². The molecule has 7 rings (SSSR count). The lowest BCUT2D eigenvalue weighted by Crippen LogP contribution is -2.49. The molecule has 6 atom stereocenters. The lowest BCUT2D eigenvalue weighted by atomic mass is 9.51. The zero-order valence-corrected chi connectivity index (χ0v) is 28.4. The molecular weight excluding hydrogens is 735 g/mol. The number of hydrogen-bond acceptors (Lipinski definition) is 8. The second kappa shape index (κ2) is 11.4. The van der Waals surface area contributed by atoms with E-state index in [0.29, 0.717) is 20.2 Å². The number of amides is 4. The summed E-state index contributed by atoms with van der Waals surface area (Å²) in [5.74, 6) is -5.24. The van der Waals surface area contributed by atoms with Crippen LogP contribution in [-0.2, 0) is 19.2 Å².